The molecule has 1 atom stereocenters. The molecular weight excluding hydrogens is 284 g/mol. The van der Waals surface area contributed by atoms with E-state index in [1.54, 1.807) is 0 Å². The average molecular weight is 310 g/mol. The van der Waals surface area contributed by atoms with Gasteiger partial charge in [0.05, 0.1) is 19.3 Å². The molecule has 2 aromatic rings. The van der Waals surface area contributed by atoms with Gasteiger partial charge in [-0.2, -0.15) is 0 Å². The number of rotatable bonds is 8. The first-order chi connectivity index (χ1) is 11.3. The van der Waals surface area contributed by atoms with Crippen LogP contribution in [-0.2, 0) is 24.2 Å². The molecule has 23 heavy (non-hydrogen) atoms. The summed E-state index contributed by atoms with van der Waals surface area (Å²) in [6.07, 6.45) is 6.06. The summed E-state index contributed by atoms with van der Waals surface area (Å²) in [4.78, 5) is 0. The van der Waals surface area contributed by atoms with Crippen LogP contribution in [0.1, 0.15) is 42.9 Å². The highest BCUT2D eigenvalue weighted by Gasteiger charge is 2.21. The molecule has 0 aromatic heterocycles. The average Bonchev–Trinajstić information content (AvgIpc) is 3.40. The SMILES string of the molecule is CCCc1ccc(-c2ccc(CO)c(CCCC3CO3)c2)cc1. The summed E-state index contributed by atoms with van der Waals surface area (Å²) in [5, 5.41) is 9.57. The summed E-state index contributed by atoms with van der Waals surface area (Å²) in [6.45, 7) is 3.25. The second kappa shape index (κ2) is 7.76. The molecule has 2 nitrogen and oxygen atoms in total. The summed E-state index contributed by atoms with van der Waals surface area (Å²) in [6, 6.07) is 15.3. The van der Waals surface area contributed by atoms with Gasteiger partial charge in [-0.3, -0.25) is 0 Å². The maximum atomic E-state index is 9.57. The first kappa shape index (κ1) is 16.2. The van der Waals surface area contributed by atoms with E-state index in [1.807, 2.05) is 0 Å². The predicted molar refractivity (Wildman–Crippen MR) is 94.5 cm³/mol. The molecule has 0 amide bonds. The zero-order valence-corrected chi connectivity index (χ0v) is 13.9. The molecule has 0 bridgehead atoms. The zero-order chi connectivity index (χ0) is 16.1. The minimum Gasteiger partial charge on any atom is -0.392 e. The molecule has 1 N–H and O–H groups in total. The molecule has 3 rings (SSSR count). The lowest BCUT2D eigenvalue weighted by atomic mass is 9.95. The van der Waals surface area contributed by atoms with Crippen LogP contribution in [0.5, 0.6) is 0 Å². The van der Waals surface area contributed by atoms with Crippen molar-refractivity contribution in [3.63, 3.8) is 0 Å². The van der Waals surface area contributed by atoms with Crippen molar-refractivity contribution in [3.8, 4) is 11.1 Å². The van der Waals surface area contributed by atoms with Crippen LogP contribution in [0, 0.1) is 0 Å². The fraction of sp³-hybridized carbons (Fsp3) is 0.429. The minimum atomic E-state index is 0.116. The Morgan fingerprint density at radius 1 is 1.00 bits per heavy atom. The van der Waals surface area contributed by atoms with Gasteiger partial charge in [-0.05, 0) is 53.5 Å². The van der Waals surface area contributed by atoms with Crippen LogP contribution < -0.4 is 0 Å². The first-order valence-electron chi connectivity index (χ1n) is 8.73. The van der Waals surface area contributed by atoms with Crippen molar-refractivity contribution >= 4 is 0 Å². The molecule has 1 unspecified atom stereocenters. The van der Waals surface area contributed by atoms with Gasteiger partial charge in [0.2, 0.25) is 0 Å². The topological polar surface area (TPSA) is 32.8 Å². The minimum absolute atomic E-state index is 0.116. The van der Waals surface area contributed by atoms with Crippen molar-refractivity contribution in [2.45, 2.75) is 51.7 Å². The van der Waals surface area contributed by atoms with Crippen LogP contribution in [0.2, 0.25) is 0 Å². The van der Waals surface area contributed by atoms with Crippen molar-refractivity contribution < 1.29 is 9.84 Å². The van der Waals surface area contributed by atoms with Gasteiger partial charge >= 0.3 is 0 Å². The Balaban J connectivity index is 1.75. The number of ether oxygens (including phenoxy) is 1. The summed E-state index contributed by atoms with van der Waals surface area (Å²) in [7, 11) is 0. The van der Waals surface area contributed by atoms with Gasteiger partial charge in [0, 0.05) is 0 Å². The Morgan fingerprint density at radius 3 is 2.39 bits per heavy atom. The fourth-order valence-electron chi connectivity index (χ4n) is 3.10. The largest absolute Gasteiger partial charge is 0.392 e. The maximum absolute atomic E-state index is 9.57. The van der Waals surface area contributed by atoms with Gasteiger partial charge in [0.25, 0.3) is 0 Å². The summed E-state index contributed by atoms with van der Waals surface area (Å²) in [5.74, 6) is 0. The van der Waals surface area contributed by atoms with Crippen LogP contribution in [0.4, 0.5) is 0 Å². The number of epoxide rings is 1. The van der Waals surface area contributed by atoms with E-state index in [2.05, 4.69) is 49.4 Å². The predicted octanol–water partition coefficient (Wildman–Crippen LogP) is 4.52. The number of benzene rings is 2. The highest BCUT2D eigenvalue weighted by molar-refractivity contribution is 5.65. The quantitative estimate of drug-likeness (QED) is 0.727. The number of aryl methyl sites for hydroxylation is 2. The van der Waals surface area contributed by atoms with E-state index in [1.165, 1.54) is 28.7 Å². The molecule has 1 aliphatic heterocycles. The Labute approximate surface area is 139 Å². The van der Waals surface area contributed by atoms with E-state index in [4.69, 9.17) is 4.74 Å². The van der Waals surface area contributed by atoms with Gasteiger partial charge in [0.15, 0.2) is 0 Å². The van der Waals surface area contributed by atoms with Gasteiger partial charge in [0.1, 0.15) is 0 Å². The molecule has 0 radical (unpaired) electrons. The van der Waals surface area contributed by atoms with Gasteiger partial charge in [-0.1, -0.05) is 55.8 Å². The van der Waals surface area contributed by atoms with Gasteiger partial charge < -0.3 is 9.84 Å². The number of hydrogen-bond donors (Lipinski definition) is 1. The highest BCUT2D eigenvalue weighted by Crippen LogP contribution is 2.25. The van der Waals surface area contributed by atoms with Crippen LogP contribution >= 0.6 is 0 Å². The van der Waals surface area contributed by atoms with Gasteiger partial charge in [-0.15, -0.1) is 0 Å². The Bertz CT molecular complexity index is 627. The molecule has 1 heterocycles. The number of aliphatic hydroxyl groups is 1. The highest BCUT2D eigenvalue weighted by atomic mass is 16.6. The number of hydrogen-bond acceptors (Lipinski definition) is 2. The summed E-state index contributed by atoms with van der Waals surface area (Å²) in [5.41, 5.74) is 6.20. The van der Waals surface area contributed by atoms with E-state index < -0.39 is 0 Å². The standard InChI is InChI=1S/C21H26O2/c1-2-4-16-7-9-17(10-8-16)19-11-12-20(14-22)18(13-19)5-3-6-21-15-23-21/h7-13,21-22H,2-6,14-15H2,1H3. The Morgan fingerprint density at radius 2 is 1.74 bits per heavy atom. The van der Waals surface area contributed by atoms with E-state index in [0.29, 0.717) is 6.10 Å². The van der Waals surface area contributed by atoms with Crippen molar-refractivity contribution in [1.29, 1.82) is 0 Å². The maximum Gasteiger partial charge on any atom is 0.0810 e. The van der Waals surface area contributed by atoms with Crippen molar-refractivity contribution in [3.05, 3.63) is 59.2 Å². The van der Waals surface area contributed by atoms with Crippen molar-refractivity contribution in [1.82, 2.24) is 0 Å². The Kier molecular flexibility index (Phi) is 5.47. The lowest BCUT2D eigenvalue weighted by molar-refractivity contribution is 0.280. The molecule has 1 fully saturated rings. The van der Waals surface area contributed by atoms with E-state index >= 15 is 0 Å². The zero-order valence-electron chi connectivity index (χ0n) is 13.9. The molecule has 0 spiro atoms. The normalized spacial score (nSPS) is 16.5. The van der Waals surface area contributed by atoms with Crippen LogP contribution in [-0.4, -0.2) is 17.8 Å². The molecule has 122 valence electrons. The van der Waals surface area contributed by atoms with Crippen LogP contribution in [0.3, 0.4) is 0 Å². The third kappa shape index (κ3) is 4.43. The fourth-order valence-corrected chi connectivity index (χ4v) is 3.10. The summed E-state index contributed by atoms with van der Waals surface area (Å²) < 4.78 is 5.28. The molecule has 0 saturated carbocycles. The lowest BCUT2D eigenvalue weighted by Gasteiger charge is -2.11. The van der Waals surface area contributed by atoms with Gasteiger partial charge in [-0.25, -0.2) is 0 Å². The Hall–Kier alpha value is -1.64. The molecular formula is C21H26O2. The van der Waals surface area contributed by atoms with Crippen LogP contribution in [0.25, 0.3) is 11.1 Å². The van der Waals surface area contributed by atoms with Crippen molar-refractivity contribution in [2.24, 2.45) is 0 Å². The second-order valence-corrected chi connectivity index (χ2v) is 6.44. The first-order valence-corrected chi connectivity index (χ1v) is 8.73. The van der Waals surface area contributed by atoms with E-state index in [9.17, 15) is 5.11 Å². The third-order valence-electron chi connectivity index (χ3n) is 4.58. The van der Waals surface area contributed by atoms with Crippen molar-refractivity contribution in [2.75, 3.05) is 6.61 Å². The smallest absolute Gasteiger partial charge is 0.0810 e. The molecule has 1 aliphatic rings. The van der Waals surface area contributed by atoms with E-state index in [0.717, 1.165) is 37.9 Å². The third-order valence-corrected chi connectivity index (χ3v) is 4.58. The molecule has 2 heteroatoms. The van der Waals surface area contributed by atoms with E-state index in [-0.39, 0.29) is 6.61 Å². The summed E-state index contributed by atoms with van der Waals surface area (Å²) >= 11 is 0. The number of aliphatic hydroxyl groups excluding tert-OH is 1. The molecule has 2 aromatic carbocycles. The monoisotopic (exact) mass is 310 g/mol. The molecule has 0 aliphatic carbocycles. The molecule has 1 saturated heterocycles. The second-order valence-electron chi connectivity index (χ2n) is 6.44. The van der Waals surface area contributed by atoms with Crippen LogP contribution in [0.15, 0.2) is 42.5 Å². The lowest BCUT2D eigenvalue weighted by Crippen LogP contribution is -1.97.